The Morgan fingerprint density at radius 3 is 2.73 bits per heavy atom. The Balaban J connectivity index is 1.29. The molecule has 176 valence electrons. The largest absolute Gasteiger partial charge is 0.492 e. The molecule has 2 aromatic carbocycles. The number of anilines is 1. The van der Waals surface area contributed by atoms with E-state index >= 15 is 0 Å². The number of benzene rings is 2. The van der Waals surface area contributed by atoms with Gasteiger partial charge in [-0.25, -0.2) is 0 Å². The van der Waals surface area contributed by atoms with Gasteiger partial charge in [-0.05, 0) is 54.2 Å². The summed E-state index contributed by atoms with van der Waals surface area (Å²) in [7, 11) is 2.19. The minimum Gasteiger partial charge on any atom is -0.492 e. The summed E-state index contributed by atoms with van der Waals surface area (Å²) in [4.78, 5) is 19.4. The molecule has 0 aromatic heterocycles. The van der Waals surface area contributed by atoms with Crippen LogP contribution in [-0.4, -0.2) is 61.6 Å². The maximum Gasteiger partial charge on any atom is 0.237 e. The predicted molar refractivity (Wildman–Crippen MR) is 132 cm³/mol. The van der Waals surface area contributed by atoms with Gasteiger partial charge in [0.2, 0.25) is 5.91 Å². The molecule has 5 rings (SSSR count). The molecule has 0 radical (unpaired) electrons. The van der Waals surface area contributed by atoms with Crippen molar-refractivity contribution >= 4 is 11.6 Å². The lowest BCUT2D eigenvalue weighted by atomic mass is 9.99. The summed E-state index contributed by atoms with van der Waals surface area (Å²) in [5, 5.41) is 3.00. The van der Waals surface area contributed by atoms with Crippen LogP contribution in [0.5, 0.6) is 5.75 Å². The molecular weight excluding hydrogens is 412 g/mol. The third-order valence-corrected chi connectivity index (χ3v) is 7.30. The van der Waals surface area contributed by atoms with Crippen molar-refractivity contribution in [1.82, 2.24) is 15.1 Å². The van der Waals surface area contributed by atoms with Crippen LogP contribution in [0.2, 0.25) is 0 Å². The summed E-state index contributed by atoms with van der Waals surface area (Å²) in [5.74, 6) is 1.15. The van der Waals surface area contributed by atoms with E-state index in [-0.39, 0.29) is 11.9 Å². The summed E-state index contributed by atoms with van der Waals surface area (Å²) in [5.41, 5.74) is 6.75. The maximum absolute atomic E-state index is 12.2. The van der Waals surface area contributed by atoms with Crippen molar-refractivity contribution in [2.75, 3.05) is 44.7 Å². The smallest absolute Gasteiger partial charge is 0.237 e. The van der Waals surface area contributed by atoms with Gasteiger partial charge in [0.15, 0.2) is 0 Å². The molecule has 1 N–H and O–H groups in total. The second-order valence-electron chi connectivity index (χ2n) is 9.67. The summed E-state index contributed by atoms with van der Waals surface area (Å²) >= 11 is 0. The molecule has 3 aliphatic rings. The third-order valence-electron chi connectivity index (χ3n) is 7.30. The average Bonchev–Trinajstić information content (AvgIpc) is 3.00. The SMILES string of the molecule is CCC1C(=O)NCCN1Cc1ccc2c(c1)CN(Cc1ccc3c(c1)CCCN3C)CCO2. The Bertz CT molecular complexity index is 1010. The van der Waals surface area contributed by atoms with E-state index in [1.807, 2.05) is 0 Å². The van der Waals surface area contributed by atoms with Gasteiger partial charge in [-0.2, -0.15) is 0 Å². The van der Waals surface area contributed by atoms with E-state index in [0.717, 1.165) is 58.0 Å². The van der Waals surface area contributed by atoms with Crippen LogP contribution in [0.25, 0.3) is 0 Å². The van der Waals surface area contributed by atoms with Crippen molar-refractivity contribution in [2.45, 2.75) is 51.9 Å². The summed E-state index contributed by atoms with van der Waals surface area (Å²) < 4.78 is 6.10. The van der Waals surface area contributed by atoms with Gasteiger partial charge in [0.25, 0.3) is 0 Å². The Hall–Kier alpha value is -2.57. The number of nitrogens with zero attached hydrogens (tertiary/aromatic N) is 3. The van der Waals surface area contributed by atoms with Gasteiger partial charge in [0.1, 0.15) is 12.4 Å². The van der Waals surface area contributed by atoms with Gasteiger partial charge in [-0.1, -0.05) is 25.1 Å². The molecule has 6 nitrogen and oxygen atoms in total. The Morgan fingerprint density at radius 2 is 1.85 bits per heavy atom. The Kier molecular flexibility index (Phi) is 6.56. The van der Waals surface area contributed by atoms with Gasteiger partial charge in [-0.3, -0.25) is 14.6 Å². The van der Waals surface area contributed by atoms with E-state index in [1.165, 1.54) is 40.8 Å². The molecule has 3 aliphatic heterocycles. The van der Waals surface area contributed by atoms with Crippen molar-refractivity contribution in [3.05, 3.63) is 58.7 Å². The first-order chi connectivity index (χ1) is 16.1. The number of carbonyl (C=O) groups excluding carboxylic acids is 1. The number of aryl methyl sites for hydroxylation is 1. The molecule has 0 saturated carbocycles. The lowest BCUT2D eigenvalue weighted by molar-refractivity contribution is -0.129. The number of piperazine rings is 1. The Morgan fingerprint density at radius 1 is 1.03 bits per heavy atom. The fraction of sp³-hybridized carbons (Fsp3) is 0.519. The van der Waals surface area contributed by atoms with Gasteiger partial charge in [0.05, 0.1) is 6.04 Å². The zero-order valence-corrected chi connectivity index (χ0v) is 20.0. The fourth-order valence-corrected chi connectivity index (χ4v) is 5.56. The van der Waals surface area contributed by atoms with Crippen LogP contribution >= 0.6 is 0 Å². The molecule has 1 unspecified atom stereocenters. The van der Waals surface area contributed by atoms with Gasteiger partial charge in [-0.15, -0.1) is 0 Å². The summed E-state index contributed by atoms with van der Waals surface area (Å²) in [6.45, 7) is 9.13. The number of carbonyl (C=O) groups is 1. The molecule has 1 saturated heterocycles. The minimum atomic E-state index is -0.0339. The van der Waals surface area contributed by atoms with Crippen LogP contribution in [0, 0.1) is 0 Å². The fourth-order valence-electron chi connectivity index (χ4n) is 5.56. The lowest BCUT2D eigenvalue weighted by Gasteiger charge is -2.34. The Labute approximate surface area is 197 Å². The highest BCUT2D eigenvalue weighted by Crippen LogP contribution is 2.29. The van der Waals surface area contributed by atoms with E-state index in [0.29, 0.717) is 6.61 Å². The topological polar surface area (TPSA) is 48.1 Å². The second kappa shape index (κ2) is 9.74. The van der Waals surface area contributed by atoms with Crippen molar-refractivity contribution < 1.29 is 9.53 Å². The first kappa shape index (κ1) is 22.2. The van der Waals surface area contributed by atoms with Gasteiger partial charge >= 0.3 is 0 Å². The standard InChI is InChI=1S/C27H36N4O2/c1-3-24-27(32)28-10-12-31(24)18-21-7-9-26-23(16-21)19-30(13-14-33-26)17-20-6-8-25-22(15-20)5-4-11-29(25)2/h6-9,15-16,24H,3-5,10-14,17-19H2,1-2H3,(H,28,32). The summed E-state index contributed by atoms with van der Waals surface area (Å²) in [6.07, 6.45) is 3.25. The van der Waals surface area contributed by atoms with E-state index < -0.39 is 0 Å². The zero-order chi connectivity index (χ0) is 22.8. The number of rotatable bonds is 5. The van der Waals surface area contributed by atoms with Crippen molar-refractivity contribution in [1.29, 1.82) is 0 Å². The highest BCUT2D eigenvalue weighted by molar-refractivity contribution is 5.82. The van der Waals surface area contributed by atoms with Crippen LogP contribution in [-0.2, 0) is 30.8 Å². The molecule has 0 bridgehead atoms. The molecule has 2 aromatic rings. The molecule has 1 atom stereocenters. The number of hydrogen-bond donors (Lipinski definition) is 1. The third kappa shape index (κ3) is 4.87. The van der Waals surface area contributed by atoms with Crippen LogP contribution in [0.3, 0.4) is 0 Å². The van der Waals surface area contributed by atoms with Gasteiger partial charge < -0.3 is 15.0 Å². The van der Waals surface area contributed by atoms with Crippen molar-refractivity contribution in [2.24, 2.45) is 0 Å². The number of amides is 1. The molecule has 33 heavy (non-hydrogen) atoms. The number of ether oxygens (including phenoxy) is 1. The number of hydrogen-bond acceptors (Lipinski definition) is 5. The molecule has 0 aliphatic carbocycles. The molecular formula is C27H36N4O2. The lowest BCUT2D eigenvalue weighted by Crippen LogP contribution is -2.54. The number of fused-ring (bicyclic) bond motifs is 2. The van der Waals surface area contributed by atoms with E-state index in [4.69, 9.17) is 4.74 Å². The quantitative estimate of drug-likeness (QED) is 0.761. The molecule has 0 spiro atoms. The highest BCUT2D eigenvalue weighted by atomic mass is 16.5. The van der Waals surface area contributed by atoms with Crippen molar-refractivity contribution in [3.8, 4) is 5.75 Å². The number of nitrogens with one attached hydrogen (secondary N) is 1. The maximum atomic E-state index is 12.2. The van der Waals surface area contributed by atoms with E-state index in [9.17, 15) is 4.79 Å². The van der Waals surface area contributed by atoms with Gasteiger partial charge in [0, 0.05) is 64.1 Å². The van der Waals surface area contributed by atoms with Crippen LogP contribution in [0.1, 0.15) is 42.0 Å². The highest BCUT2D eigenvalue weighted by Gasteiger charge is 2.28. The average molecular weight is 449 g/mol. The molecule has 6 heteroatoms. The molecule has 3 heterocycles. The van der Waals surface area contributed by atoms with Crippen LogP contribution in [0.15, 0.2) is 36.4 Å². The second-order valence-corrected chi connectivity index (χ2v) is 9.67. The molecule has 1 amide bonds. The zero-order valence-electron chi connectivity index (χ0n) is 20.0. The first-order valence-electron chi connectivity index (χ1n) is 12.4. The van der Waals surface area contributed by atoms with Crippen molar-refractivity contribution in [3.63, 3.8) is 0 Å². The summed E-state index contributed by atoms with van der Waals surface area (Å²) in [6, 6.07) is 13.5. The normalized spacial score (nSPS) is 21.6. The first-order valence-corrected chi connectivity index (χ1v) is 12.4. The predicted octanol–water partition coefficient (Wildman–Crippen LogP) is 3.17. The van der Waals surface area contributed by atoms with E-state index in [2.05, 4.69) is 70.4 Å². The minimum absolute atomic E-state index is 0.0339. The van der Waals surface area contributed by atoms with E-state index in [1.54, 1.807) is 0 Å². The van der Waals surface area contributed by atoms with Crippen LogP contribution < -0.4 is 15.0 Å². The molecule has 1 fully saturated rings. The monoisotopic (exact) mass is 448 g/mol. The van der Waals surface area contributed by atoms with Crippen LogP contribution in [0.4, 0.5) is 5.69 Å².